The van der Waals surface area contributed by atoms with Crippen LogP contribution in [0.3, 0.4) is 0 Å². The maximum Gasteiger partial charge on any atom is 0.157 e. The lowest BCUT2D eigenvalue weighted by Crippen LogP contribution is -2.53. The van der Waals surface area contributed by atoms with Crippen molar-refractivity contribution < 1.29 is 17.9 Å². The van der Waals surface area contributed by atoms with E-state index >= 15 is 4.39 Å². The molecule has 0 aromatic carbocycles. The van der Waals surface area contributed by atoms with E-state index in [4.69, 9.17) is 4.74 Å². The lowest BCUT2D eigenvalue weighted by Gasteiger charge is -2.47. The molecule has 158 valence electrons. The van der Waals surface area contributed by atoms with Crippen LogP contribution < -0.4 is 0 Å². The number of ether oxygens (including phenoxy) is 1. The minimum Gasteiger partial charge on any atom is -0.375 e. The van der Waals surface area contributed by atoms with Gasteiger partial charge in [0.1, 0.15) is 12.3 Å². The van der Waals surface area contributed by atoms with Crippen LogP contribution in [0.5, 0.6) is 0 Å². The molecule has 27 heavy (non-hydrogen) atoms. The number of alkyl halides is 3. The summed E-state index contributed by atoms with van der Waals surface area (Å²) in [7, 11) is 0. The number of rotatable bonds is 7. The fourth-order valence-corrected chi connectivity index (χ4v) is 6.25. The van der Waals surface area contributed by atoms with Crippen molar-refractivity contribution in [2.45, 2.75) is 109 Å². The molecule has 0 aromatic heterocycles. The summed E-state index contributed by atoms with van der Waals surface area (Å²) in [5.41, 5.74) is 0. The van der Waals surface area contributed by atoms with Gasteiger partial charge in [0.2, 0.25) is 0 Å². The number of hydrogen-bond donors (Lipinski definition) is 0. The van der Waals surface area contributed by atoms with Gasteiger partial charge < -0.3 is 4.74 Å². The first-order valence-corrected chi connectivity index (χ1v) is 11.6. The molecule has 3 aliphatic rings. The Morgan fingerprint density at radius 1 is 0.741 bits per heavy atom. The first-order chi connectivity index (χ1) is 13.0. The minimum atomic E-state index is -1.71. The topological polar surface area (TPSA) is 9.23 Å². The van der Waals surface area contributed by atoms with Gasteiger partial charge in [-0.25, -0.2) is 13.2 Å². The van der Waals surface area contributed by atoms with Crippen LogP contribution in [0, 0.1) is 29.6 Å². The summed E-state index contributed by atoms with van der Waals surface area (Å²) in [6, 6.07) is 0. The lowest BCUT2D eigenvalue weighted by atomic mass is 9.63. The van der Waals surface area contributed by atoms with E-state index in [1.807, 2.05) is 0 Å². The van der Waals surface area contributed by atoms with Gasteiger partial charge in [-0.15, -0.1) is 0 Å². The molecule has 3 rings (SSSR count). The molecule has 0 N–H and O–H groups in total. The monoisotopic (exact) mass is 388 g/mol. The average Bonchev–Trinajstić information content (AvgIpc) is 2.67. The zero-order valence-corrected chi connectivity index (χ0v) is 17.2. The molecule has 0 spiro atoms. The lowest BCUT2D eigenvalue weighted by molar-refractivity contribution is -0.129. The molecule has 3 aliphatic carbocycles. The quantitative estimate of drug-likeness (QED) is 0.464. The molecule has 0 radical (unpaired) electrons. The Balaban J connectivity index is 1.49. The van der Waals surface area contributed by atoms with Crippen molar-refractivity contribution in [1.29, 1.82) is 0 Å². The zero-order chi connectivity index (χ0) is 19.4. The zero-order valence-electron chi connectivity index (χ0n) is 17.2. The van der Waals surface area contributed by atoms with E-state index in [-0.39, 0.29) is 11.8 Å². The maximum atomic E-state index is 15.2. The molecule has 1 nitrogen and oxygen atoms in total. The molecule has 0 aromatic rings. The Bertz CT molecular complexity index is 435. The highest BCUT2D eigenvalue weighted by Gasteiger charge is 2.53. The van der Waals surface area contributed by atoms with Gasteiger partial charge in [0.15, 0.2) is 6.17 Å². The summed E-state index contributed by atoms with van der Waals surface area (Å²) in [6.45, 7) is 4.44. The smallest absolute Gasteiger partial charge is 0.157 e. The van der Waals surface area contributed by atoms with Crippen LogP contribution in [-0.2, 0) is 4.74 Å². The fraction of sp³-hybridized carbons (Fsp3) is 1.00. The minimum absolute atomic E-state index is 0.0562. The third kappa shape index (κ3) is 5.03. The van der Waals surface area contributed by atoms with Gasteiger partial charge in [0, 0.05) is 12.5 Å². The number of halogens is 3. The largest absolute Gasteiger partial charge is 0.375 e. The first-order valence-electron chi connectivity index (χ1n) is 11.6. The molecule has 3 fully saturated rings. The number of fused-ring (bicyclic) bond motifs is 1. The van der Waals surface area contributed by atoms with Gasteiger partial charge >= 0.3 is 0 Å². The van der Waals surface area contributed by atoms with Gasteiger partial charge in [-0.05, 0) is 56.3 Å². The maximum absolute atomic E-state index is 15.2. The van der Waals surface area contributed by atoms with E-state index in [0.29, 0.717) is 18.9 Å². The van der Waals surface area contributed by atoms with E-state index < -0.39 is 30.5 Å². The summed E-state index contributed by atoms with van der Waals surface area (Å²) < 4.78 is 49.7. The van der Waals surface area contributed by atoms with Crippen molar-refractivity contribution in [1.82, 2.24) is 0 Å². The van der Waals surface area contributed by atoms with E-state index in [2.05, 4.69) is 6.92 Å². The standard InChI is InChI=1S/C23H39F3O/c1-3-5-15-6-8-16(9-7-15)10-11-17-12-13-18-14-19(27-4-2)22(25)23(26)20(18)21(17)24/h15-23H,3-14H2,1-2H3. The second-order valence-electron chi connectivity index (χ2n) is 9.49. The SMILES string of the molecule is CCCC1CCC(CCC2CCC3CC(OCC)C(F)C(F)C3C2F)CC1. The second kappa shape index (κ2) is 9.98. The summed E-state index contributed by atoms with van der Waals surface area (Å²) >= 11 is 0. The van der Waals surface area contributed by atoms with Crippen LogP contribution in [-0.4, -0.2) is 31.2 Å². The highest BCUT2D eigenvalue weighted by molar-refractivity contribution is 5.00. The van der Waals surface area contributed by atoms with Crippen LogP contribution in [0.2, 0.25) is 0 Å². The van der Waals surface area contributed by atoms with Gasteiger partial charge in [-0.1, -0.05) is 51.9 Å². The van der Waals surface area contributed by atoms with Crippen LogP contribution in [0.25, 0.3) is 0 Å². The Morgan fingerprint density at radius 3 is 2.04 bits per heavy atom. The molecule has 7 unspecified atom stereocenters. The molecule has 7 atom stereocenters. The van der Waals surface area contributed by atoms with Crippen LogP contribution in [0.15, 0.2) is 0 Å². The van der Waals surface area contributed by atoms with Gasteiger partial charge in [0.05, 0.1) is 6.10 Å². The average molecular weight is 389 g/mol. The van der Waals surface area contributed by atoms with Gasteiger partial charge in [-0.3, -0.25) is 0 Å². The van der Waals surface area contributed by atoms with Gasteiger partial charge in [-0.2, -0.15) is 0 Å². The van der Waals surface area contributed by atoms with Crippen LogP contribution in [0.4, 0.5) is 13.2 Å². The molecule has 4 heteroatoms. The highest BCUT2D eigenvalue weighted by Crippen LogP contribution is 2.48. The van der Waals surface area contributed by atoms with Crippen molar-refractivity contribution in [3.8, 4) is 0 Å². The molecule has 0 heterocycles. The molecule has 0 aliphatic heterocycles. The van der Waals surface area contributed by atoms with Crippen molar-refractivity contribution in [2.24, 2.45) is 29.6 Å². The number of hydrogen-bond acceptors (Lipinski definition) is 1. The predicted octanol–water partition coefficient (Wildman–Crippen LogP) is 6.84. The normalized spacial score (nSPS) is 45.4. The Morgan fingerprint density at radius 2 is 1.41 bits per heavy atom. The molecule has 0 bridgehead atoms. The Hall–Kier alpha value is -0.250. The van der Waals surface area contributed by atoms with E-state index in [9.17, 15) is 8.78 Å². The molecule has 0 saturated heterocycles. The fourth-order valence-electron chi connectivity index (χ4n) is 6.25. The third-order valence-corrected chi connectivity index (χ3v) is 7.82. The van der Waals surface area contributed by atoms with Crippen molar-refractivity contribution >= 4 is 0 Å². The molecular weight excluding hydrogens is 349 g/mol. The van der Waals surface area contributed by atoms with Crippen LogP contribution in [0.1, 0.15) is 84.5 Å². The van der Waals surface area contributed by atoms with Gasteiger partial charge in [0.25, 0.3) is 0 Å². The van der Waals surface area contributed by atoms with Crippen LogP contribution >= 0.6 is 0 Å². The Labute approximate surface area is 163 Å². The van der Waals surface area contributed by atoms with E-state index in [1.165, 1.54) is 38.5 Å². The molecule has 0 amide bonds. The second-order valence-corrected chi connectivity index (χ2v) is 9.49. The summed E-state index contributed by atoms with van der Waals surface area (Å²) in [6.07, 6.45) is 6.62. The summed E-state index contributed by atoms with van der Waals surface area (Å²) in [4.78, 5) is 0. The Kier molecular flexibility index (Phi) is 7.93. The first kappa shape index (κ1) is 21.5. The highest BCUT2D eigenvalue weighted by atomic mass is 19.2. The predicted molar refractivity (Wildman–Crippen MR) is 104 cm³/mol. The van der Waals surface area contributed by atoms with E-state index in [1.54, 1.807) is 6.92 Å². The third-order valence-electron chi connectivity index (χ3n) is 7.82. The van der Waals surface area contributed by atoms with Crippen molar-refractivity contribution in [3.05, 3.63) is 0 Å². The molecule has 3 saturated carbocycles. The van der Waals surface area contributed by atoms with E-state index in [0.717, 1.165) is 31.6 Å². The summed E-state index contributed by atoms with van der Waals surface area (Å²) in [5.74, 6) is 0.723. The van der Waals surface area contributed by atoms with Crippen molar-refractivity contribution in [2.75, 3.05) is 6.61 Å². The molecular formula is C23H39F3O. The van der Waals surface area contributed by atoms with Crippen molar-refractivity contribution in [3.63, 3.8) is 0 Å². The summed E-state index contributed by atoms with van der Waals surface area (Å²) in [5, 5.41) is 0.